The quantitative estimate of drug-likeness (QED) is 0.628. The monoisotopic (exact) mass is 203 g/mol. The van der Waals surface area contributed by atoms with Crippen molar-refractivity contribution in [2.24, 2.45) is 11.8 Å². The molecule has 0 bridgehead atoms. The molecule has 1 aliphatic carbocycles. The number of carbonyl (C=O) groups excluding carboxylic acids is 2. The van der Waals surface area contributed by atoms with Crippen LogP contribution in [0.4, 0.5) is 8.78 Å². The van der Waals surface area contributed by atoms with Crippen molar-refractivity contribution in [3.8, 4) is 0 Å². The Labute approximate surface area is 80.1 Å². The fourth-order valence-electron chi connectivity index (χ4n) is 2.40. The normalized spacial score (nSPS) is 38.0. The average molecular weight is 203 g/mol. The Morgan fingerprint density at radius 1 is 1.36 bits per heavy atom. The van der Waals surface area contributed by atoms with Gasteiger partial charge in [0.2, 0.25) is 5.91 Å². The number of carbonyl (C=O) groups is 2. The first-order chi connectivity index (χ1) is 6.37. The maximum Gasteiger partial charge on any atom is 0.258 e. The summed E-state index contributed by atoms with van der Waals surface area (Å²) in [7, 11) is 0. The van der Waals surface area contributed by atoms with E-state index in [-0.39, 0.29) is 18.2 Å². The molecule has 3 nitrogen and oxygen atoms in total. The van der Waals surface area contributed by atoms with Crippen molar-refractivity contribution < 1.29 is 18.4 Å². The highest BCUT2D eigenvalue weighted by molar-refractivity contribution is 5.88. The van der Waals surface area contributed by atoms with Gasteiger partial charge in [-0.2, -0.15) is 0 Å². The first-order valence-corrected chi connectivity index (χ1v) is 4.53. The number of fused-ring (bicyclic) bond motifs is 1. The van der Waals surface area contributed by atoms with Gasteiger partial charge in [0.25, 0.3) is 5.92 Å². The Kier molecular flexibility index (Phi) is 1.72. The molecule has 78 valence electrons. The van der Waals surface area contributed by atoms with Crippen LogP contribution in [0.3, 0.4) is 0 Å². The van der Waals surface area contributed by atoms with Gasteiger partial charge in [-0.3, -0.25) is 9.59 Å². The number of rotatable bonds is 1. The van der Waals surface area contributed by atoms with Gasteiger partial charge >= 0.3 is 0 Å². The highest BCUT2D eigenvalue weighted by Crippen LogP contribution is 2.62. The summed E-state index contributed by atoms with van der Waals surface area (Å²) in [5.41, 5.74) is 0. The number of halogens is 2. The minimum Gasteiger partial charge on any atom is -0.332 e. The Bertz CT molecular complexity index is 316. The zero-order chi connectivity index (χ0) is 10.7. The molecular weight excluding hydrogens is 192 g/mol. The van der Waals surface area contributed by atoms with E-state index in [0.29, 0.717) is 0 Å². The van der Waals surface area contributed by atoms with Crippen LogP contribution in [-0.4, -0.2) is 35.1 Å². The number of ketones is 1. The Morgan fingerprint density at radius 3 is 2.36 bits per heavy atom. The minimum absolute atomic E-state index is 0.0250. The predicted molar refractivity (Wildman–Crippen MR) is 43.8 cm³/mol. The van der Waals surface area contributed by atoms with Crippen LogP contribution >= 0.6 is 0 Å². The summed E-state index contributed by atoms with van der Waals surface area (Å²) in [4.78, 5) is 23.5. The average Bonchev–Trinajstić information content (AvgIpc) is 2.47. The highest BCUT2D eigenvalue weighted by atomic mass is 19.3. The number of hydrogen-bond donors (Lipinski definition) is 0. The molecule has 2 fully saturated rings. The van der Waals surface area contributed by atoms with E-state index < -0.39 is 23.8 Å². The molecule has 14 heavy (non-hydrogen) atoms. The summed E-state index contributed by atoms with van der Waals surface area (Å²) < 4.78 is 26.0. The van der Waals surface area contributed by atoms with Crippen LogP contribution in [-0.2, 0) is 9.59 Å². The van der Waals surface area contributed by atoms with E-state index in [1.54, 1.807) is 0 Å². The van der Waals surface area contributed by atoms with E-state index in [1.807, 2.05) is 0 Å². The molecule has 5 heteroatoms. The molecule has 1 aliphatic heterocycles. The van der Waals surface area contributed by atoms with Crippen LogP contribution in [0.2, 0.25) is 0 Å². The summed E-state index contributed by atoms with van der Waals surface area (Å²) in [5.74, 6) is -5.09. The lowest BCUT2D eigenvalue weighted by molar-refractivity contribution is -0.138. The lowest BCUT2D eigenvalue weighted by Crippen LogP contribution is -2.44. The Morgan fingerprint density at radius 2 is 1.93 bits per heavy atom. The molecule has 0 aromatic carbocycles. The molecule has 3 atom stereocenters. The first kappa shape index (κ1) is 9.55. The van der Waals surface area contributed by atoms with E-state index in [4.69, 9.17) is 0 Å². The van der Waals surface area contributed by atoms with Gasteiger partial charge in [-0.1, -0.05) is 0 Å². The van der Waals surface area contributed by atoms with Crippen molar-refractivity contribution in [1.29, 1.82) is 0 Å². The Balaban J connectivity index is 2.23. The van der Waals surface area contributed by atoms with Crippen molar-refractivity contribution in [2.45, 2.75) is 25.8 Å². The van der Waals surface area contributed by atoms with E-state index in [0.717, 1.165) is 0 Å². The van der Waals surface area contributed by atoms with Gasteiger partial charge in [-0.15, -0.1) is 0 Å². The lowest BCUT2D eigenvalue weighted by atomic mass is 10.1. The van der Waals surface area contributed by atoms with Gasteiger partial charge in [-0.05, 0) is 6.92 Å². The molecule has 1 saturated carbocycles. The molecule has 1 heterocycles. The number of amides is 1. The Hall–Kier alpha value is -1.00. The minimum atomic E-state index is -2.73. The second-order valence-corrected chi connectivity index (χ2v) is 4.03. The maximum atomic E-state index is 13.0. The molecule has 0 N–H and O–H groups in total. The van der Waals surface area contributed by atoms with Crippen molar-refractivity contribution in [1.82, 2.24) is 4.90 Å². The van der Waals surface area contributed by atoms with E-state index in [1.165, 1.54) is 18.7 Å². The molecule has 1 unspecified atom stereocenters. The van der Waals surface area contributed by atoms with Crippen molar-refractivity contribution in [3.05, 3.63) is 0 Å². The highest BCUT2D eigenvalue weighted by Gasteiger charge is 2.76. The molecule has 1 saturated heterocycles. The molecule has 0 spiro atoms. The van der Waals surface area contributed by atoms with Gasteiger partial charge < -0.3 is 4.90 Å². The van der Waals surface area contributed by atoms with Crippen LogP contribution in [0.5, 0.6) is 0 Å². The van der Waals surface area contributed by atoms with Crippen molar-refractivity contribution >= 4 is 11.7 Å². The number of hydrogen-bond acceptors (Lipinski definition) is 2. The summed E-state index contributed by atoms with van der Waals surface area (Å²) >= 11 is 0. The van der Waals surface area contributed by atoms with Gasteiger partial charge in [0.1, 0.15) is 0 Å². The standard InChI is InChI=1S/C9H11F2NO2/c1-4(13)8-7-6(9(7,10)11)3-12(8)5(2)14/h6-8H,3H2,1-2H3/t6?,7-,8+/m0/s1. The zero-order valence-corrected chi connectivity index (χ0v) is 7.96. The van der Waals surface area contributed by atoms with Crippen LogP contribution in [0.15, 0.2) is 0 Å². The number of nitrogens with zero attached hydrogens (tertiary/aromatic N) is 1. The fraction of sp³-hybridized carbons (Fsp3) is 0.778. The van der Waals surface area contributed by atoms with Crippen LogP contribution in [0, 0.1) is 11.8 Å². The SMILES string of the molecule is CC(=O)[C@@H]1[C@@H]2C(CN1C(C)=O)C2(F)F. The van der Waals surface area contributed by atoms with E-state index in [2.05, 4.69) is 0 Å². The largest absolute Gasteiger partial charge is 0.332 e. The number of piperidine rings is 1. The fourth-order valence-corrected chi connectivity index (χ4v) is 2.40. The third kappa shape index (κ3) is 1.01. The maximum absolute atomic E-state index is 13.0. The summed E-state index contributed by atoms with van der Waals surface area (Å²) in [6.45, 7) is 2.59. The summed E-state index contributed by atoms with van der Waals surface area (Å²) in [6, 6.07) is -0.896. The third-order valence-corrected chi connectivity index (χ3v) is 3.15. The third-order valence-electron chi connectivity index (χ3n) is 3.15. The first-order valence-electron chi connectivity index (χ1n) is 4.53. The van der Waals surface area contributed by atoms with Gasteiger partial charge in [0.05, 0.1) is 17.9 Å². The zero-order valence-electron chi connectivity index (χ0n) is 7.96. The molecule has 0 aromatic heterocycles. The van der Waals surface area contributed by atoms with Gasteiger partial charge in [-0.25, -0.2) is 8.78 Å². The van der Waals surface area contributed by atoms with Crippen LogP contribution in [0.1, 0.15) is 13.8 Å². The summed E-state index contributed by atoms with van der Waals surface area (Å²) in [5, 5.41) is 0. The van der Waals surface area contributed by atoms with Crippen LogP contribution in [0.25, 0.3) is 0 Å². The van der Waals surface area contributed by atoms with Crippen molar-refractivity contribution in [2.75, 3.05) is 6.54 Å². The lowest BCUT2D eigenvalue weighted by Gasteiger charge is -2.25. The molecule has 1 amide bonds. The second-order valence-electron chi connectivity index (χ2n) is 4.03. The molecule has 2 rings (SSSR count). The smallest absolute Gasteiger partial charge is 0.258 e. The van der Waals surface area contributed by atoms with E-state index >= 15 is 0 Å². The van der Waals surface area contributed by atoms with Gasteiger partial charge in [0.15, 0.2) is 5.78 Å². The molecular formula is C9H11F2NO2. The predicted octanol–water partition coefficient (Wildman–Crippen LogP) is 0.687. The summed E-state index contributed by atoms with van der Waals surface area (Å²) in [6.07, 6.45) is 0. The number of Topliss-reactive ketones (excluding diaryl/α,β-unsaturated/α-hetero) is 1. The molecule has 0 aromatic rings. The number of alkyl halides is 2. The van der Waals surface area contributed by atoms with E-state index in [9.17, 15) is 18.4 Å². The van der Waals surface area contributed by atoms with Crippen LogP contribution < -0.4 is 0 Å². The molecule has 0 radical (unpaired) electrons. The van der Waals surface area contributed by atoms with Crippen molar-refractivity contribution in [3.63, 3.8) is 0 Å². The number of likely N-dealkylation sites (tertiary alicyclic amines) is 1. The van der Waals surface area contributed by atoms with Gasteiger partial charge in [0, 0.05) is 13.5 Å². The topological polar surface area (TPSA) is 37.4 Å². The second kappa shape index (κ2) is 2.52. The molecule has 2 aliphatic rings.